The van der Waals surface area contributed by atoms with Crippen molar-refractivity contribution in [3.63, 3.8) is 0 Å². The normalized spacial score (nSPS) is 10.9. The number of nitrogens with one attached hydrogen (secondary N) is 1. The molecule has 2 aromatic rings. The van der Waals surface area contributed by atoms with Crippen LogP contribution in [0.1, 0.15) is 17.1 Å². The van der Waals surface area contributed by atoms with Crippen LogP contribution in [0, 0.1) is 6.92 Å². The molecule has 0 aliphatic heterocycles. The Hall–Kier alpha value is -1.62. The van der Waals surface area contributed by atoms with Crippen molar-refractivity contribution in [2.45, 2.75) is 20.0 Å². The molecule has 2 rings (SSSR count). The lowest BCUT2D eigenvalue weighted by Crippen LogP contribution is -2.14. The van der Waals surface area contributed by atoms with Crippen LogP contribution >= 0.6 is 0 Å². The molecule has 0 saturated carbocycles. The molecule has 5 nitrogen and oxygen atoms in total. The lowest BCUT2D eigenvalue weighted by atomic mass is 10.3. The van der Waals surface area contributed by atoms with Crippen LogP contribution < -0.4 is 5.32 Å². The minimum atomic E-state index is 0.765. The van der Waals surface area contributed by atoms with Crippen molar-refractivity contribution in [2.75, 3.05) is 7.05 Å². The number of aryl methyl sites for hydroxylation is 2. The zero-order valence-electron chi connectivity index (χ0n) is 9.94. The Bertz CT molecular complexity index is 468. The van der Waals surface area contributed by atoms with E-state index in [1.807, 2.05) is 42.6 Å². The first-order valence-electron chi connectivity index (χ1n) is 5.35. The van der Waals surface area contributed by atoms with Crippen molar-refractivity contribution in [3.8, 4) is 0 Å². The van der Waals surface area contributed by atoms with E-state index in [0.717, 1.165) is 18.8 Å². The molecule has 86 valence electrons. The summed E-state index contributed by atoms with van der Waals surface area (Å²) in [5.74, 6) is 0. The molecule has 0 bridgehead atoms. The third-order valence-electron chi connectivity index (χ3n) is 2.57. The Morgan fingerprint density at radius 2 is 2.19 bits per heavy atom. The first-order chi connectivity index (χ1) is 7.70. The summed E-state index contributed by atoms with van der Waals surface area (Å²) in [6.45, 7) is 3.60. The Labute approximate surface area is 95.1 Å². The number of hydrogen-bond donors (Lipinski definition) is 1. The predicted molar refractivity (Wildman–Crippen MR) is 62.0 cm³/mol. The highest BCUT2D eigenvalue weighted by Crippen LogP contribution is 2.06. The van der Waals surface area contributed by atoms with E-state index in [9.17, 15) is 0 Å². The lowest BCUT2D eigenvalue weighted by Gasteiger charge is -2.07. The SMILES string of the molecule is CNCc1ccnn1Cc1cc(C)nn1C. The fourth-order valence-electron chi connectivity index (χ4n) is 1.80. The number of nitrogens with zero attached hydrogens (tertiary/aromatic N) is 4. The van der Waals surface area contributed by atoms with Crippen LogP contribution in [0.3, 0.4) is 0 Å². The van der Waals surface area contributed by atoms with E-state index in [2.05, 4.69) is 21.6 Å². The van der Waals surface area contributed by atoms with Crippen LogP contribution in [0.15, 0.2) is 18.3 Å². The van der Waals surface area contributed by atoms with Crippen molar-refractivity contribution >= 4 is 0 Å². The minimum absolute atomic E-state index is 0.765. The van der Waals surface area contributed by atoms with Gasteiger partial charge in [-0.25, -0.2) is 0 Å². The van der Waals surface area contributed by atoms with Gasteiger partial charge >= 0.3 is 0 Å². The summed E-state index contributed by atoms with van der Waals surface area (Å²) in [5.41, 5.74) is 3.39. The molecule has 0 radical (unpaired) electrons. The molecule has 1 N–H and O–H groups in total. The summed E-state index contributed by atoms with van der Waals surface area (Å²) >= 11 is 0. The molecule has 0 aliphatic carbocycles. The van der Waals surface area contributed by atoms with Gasteiger partial charge in [0.15, 0.2) is 0 Å². The van der Waals surface area contributed by atoms with Gasteiger partial charge < -0.3 is 5.32 Å². The van der Waals surface area contributed by atoms with Gasteiger partial charge in [-0.2, -0.15) is 10.2 Å². The number of rotatable bonds is 4. The summed E-state index contributed by atoms with van der Waals surface area (Å²) in [5, 5.41) is 11.8. The van der Waals surface area contributed by atoms with Crippen molar-refractivity contribution in [1.29, 1.82) is 0 Å². The van der Waals surface area contributed by atoms with Crippen LogP contribution in [-0.4, -0.2) is 26.6 Å². The third kappa shape index (κ3) is 2.14. The van der Waals surface area contributed by atoms with Gasteiger partial charge in [-0.15, -0.1) is 0 Å². The van der Waals surface area contributed by atoms with Gasteiger partial charge in [0.1, 0.15) is 0 Å². The summed E-state index contributed by atoms with van der Waals surface area (Å²) in [7, 11) is 3.90. The summed E-state index contributed by atoms with van der Waals surface area (Å²) in [6.07, 6.45) is 1.83. The molecule has 0 spiro atoms. The minimum Gasteiger partial charge on any atom is -0.314 e. The second kappa shape index (κ2) is 4.49. The van der Waals surface area contributed by atoms with Gasteiger partial charge in [0.25, 0.3) is 0 Å². The Balaban J connectivity index is 2.20. The molecule has 0 atom stereocenters. The zero-order valence-corrected chi connectivity index (χ0v) is 9.94. The first kappa shape index (κ1) is 10.9. The Morgan fingerprint density at radius 3 is 2.81 bits per heavy atom. The molecule has 0 aliphatic rings. The smallest absolute Gasteiger partial charge is 0.0831 e. The van der Waals surface area contributed by atoms with E-state index in [0.29, 0.717) is 0 Å². The topological polar surface area (TPSA) is 47.7 Å². The molecule has 0 saturated heterocycles. The van der Waals surface area contributed by atoms with Crippen LogP contribution in [0.4, 0.5) is 0 Å². The molecule has 5 heteroatoms. The molecule has 2 heterocycles. The van der Waals surface area contributed by atoms with E-state index < -0.39 is 0 Å². The highest BCUT2D eigenvalue weighted by molar-refractivity contribution is 5.10. The summed E-state index contributed by atoms with van der Waals surface area (Å²) in [4.78, 5) is 0. The van der Waals surface area contributed by atoms with E-state index in [4.69, 9.17) is 0 Å². The van der Waals surface area contributed by atoms with E-state index in [-0.39, 0.29) is 0 Å². The van der Waals surface area contributed by atoms with Gasteiger partial charge in [-0.05, 0) is 26.1 Å². The molecule has 0 fully saturated rings. The zero-order chi connectivity index (χ0) is 11.5. The van der Waals surface area contributed by atoms with Crippen molar-refractivity contribution in [2.24, 2.45) is 7.05 Å². The highest BCUT2D eigenvalue weighted by atomic mass is 15.3. The maximum atomic E-state index is 4.33. The van der Waals surface area contributed by atoms with Gasteiger partial charge in [0.05, 0.1) is 23.6 Å². The maximum Gasteiger partial charge on any atom is 0.0831 e. The fourth-order valence-corrected chi connectivity index (χ4v) is 1.80. The standard InChI is InChI=1S/C11H17N5/c1-9-6-11(15(3)14-9)8-16-10(7-12-2)4-5-13-16/h4-6,12H,7-8H2,1-3H3. The van der Waals surface area contributed by atoms with Crippen molar-refractivity contribution < 1.29 is 0 Å². The molecule has 0 aromatic carbocycles. The Morgan fingerprint density at radius 1 is 1.38 bits per heavy atom. The van der Waals surface area contributed by atoms with Gasteiger partial charge in [0.2, 0.25) is 0 Å². The van der Waals surface area contributed by atoms with Gasteiger partial charge in [-0.1, -0.05) is 0 Å². The van der Waals surface area contributed by atoms with Crippen LogP contribution in [0.5, 0.6) is 0 Å². The van der Waals surface area contributed by atoms with Gasteiger partial charge in [-0.3, -0.25) is 9.36 Å². The molecule has 0 amide bonds. The average Bonchev–Trinajstić information content (AvgIpc) is 2.77. The second-order valence-electron chi connectivity index (χ2n) is 3.91. The van der Waals surface area contributed by atoms with E-state index in [1.165, 1.54) is 11.4 Å². The monoisotopic (exact) mass is 219 g/mol. The second-order valence-corrected chi connectivity index (χ2v) is 3.91. The first-order valence-corrected chi connectivity index (χ1v) is 5.35. The number of hydrogen-bond acceptors (Lipinski definition) is 3. The van der Waals surface area contributed by atoms with Crippen LogP contribution in [0.25, 0.3) is 0 Å². The molecule has 2 aromatic heterocycles. The predicted octanol–water partition coefficient (Wildman–Crippen LogP) is 0.693. The van der Waals surface area contributed by atoms with Crippen LogP contribution in [-0.2, 0) is 20.1 Å². The highest BCUT2D eigenvalue weighted by Gasteiger charge is 2.06. The Kier molecular flexibility index (Phi) is 3.05. The quantitative estimate of drug-likeness (QED) is 0.823. The summed E-state index contributed by atoms with van der Waals surface area (Å²) in [6, 6.07) is 4.12. The molecular weight excluding hydrogens is 202 g/mol. The molecule has 0 unspecified atom stereocenters. The molecule has 16 heavy (non-hydrogen) atoms. The lowest BCUT2D eigenvalue weighted by molar-refractivity contribution is 0.584. The van der Waals surface area contributed by atoms with E-state index >= 15 is 0 Å². The third-order valence-corrected chi connectivity index (χ3v) is 2.57. The summed E-state index contributed by atoms with van der Waals surface area (Å²) < 4.78 is 3.90. The van der Waals surface area contributed by atoms with E-state index in [1.54, 1.807) is 0 Å². The van der Waals surface area contributed by atoms with Crippen molar-refractivity contribution in [3.05, 3.63) is 35.4 Å². The maximum absolute atomic E-state index is 4.33. The molecular formula is C11H17N5. The average molecular weight is 219 g/mol. The van der Waals surface area contributed by atoms with Gasteiger partial charge in [0, 0.05) is 19.8 Å². The fraction of sp³-hybridized carbons (Fsp3) is 0.455. The largest absolute Gasteiger partial charge is 0.314 e. The van der Waals surface area contributed by atoms with Crippen LogP contribution in [0.2, 0.25) is 0 Å². The van der Waals surface area contributed by atoms with Crippen molar-refractivity contribution in [1.82, 2.24) is 24.9 Å². The number of aromatic nitrogens is 4.